The maximum Gasteiger partial charge on any atom is 0.208 e. The van der Waals surface area contributed by atoms with Crippen molar-refractivity contribution in [1.29, 1.82) is 0 Å². The van der Waals surface area contributed by atoms with E-state index < -0.39 is 0 Å². The molecule has 0 aliphatic carbocycles. The van der Waals surface area contributed by atoms with Crippen molar-refractivity contribution in [2.24, 2.45) is 0 Å². The third-order valence-electron chi connectivity index (χ3n) is 3.57. The Balaban J connectivity index is 2.08. The predicted octanol–water partition coefficient (Wildman–Crippen LogP) is 1.81. The van der Waals surface area contributed by atoms with Gasteiger partial charge in [-0.1, -0.05) is 0 Å². The van der Waals surface area contributed by atoms with E-state index in [0.717, 1.165) is 49.7 Å². The third kappa shape index (κ3) is 2.30. The summed E-state index contributed by atoms with van der Waals surface area (Å²) in [6.07, 6.45) is 3.01. The number of rotatable bonds is 2. The van der Waals surface area contributed by atoms with Crippen LogP contribution in [-0.4, -0.2) is 40.7 Å². The summed E-state index contributed by atoms with van der Waals surface area (Å²) in [6.45, 7) is 8.56. The molecule has 102 valence electrons. The van der Waals surface area contributed by atoms with Gasteiger partial charge in [-0.05, 0) is 38.9 Å². The van der Waals surface area contributed by atoms with E-state index in [1.165, 1.54) is 0 Å². The summed E-state index contributed by atoms with van der Waals surface area (Å²) in [6, 6.07) is 4.36. The van der Waals surface area contributed by atoms with Crippen LogP contribution >= 0.6 is 0 Å². The second-order valence-electron chi connectivity index (χ2n) is 5.31. The van der Waals surface area contributed by atoms with Gasteiger partial charge in [-0.15, -0.1) is 0 Å². The minimum absolute atomic E-state index is 0.367. The van der Waals surface area contributed by atoms with Crippen molar-refractivity contribution in [2.75, 3.05) is 31.1 Å². The maximum absolute atomic E-state index is 4.80. The van der Waals surface area contributed by atoms with Gasteiger partial charge >= 0.3 is 0 Å². The molecule has 19 heavy (non-hydrogen) atoms. The van der Waals surface area contributed by atoms with Crippen LogP contribution in [0.3, 0.4) is 0 Å². The van der Waals surface area contributed by atoms with E-state index >= 15 is 0 Å². The number of hydrogen-bond acceptors (Lipinski definition) is 4. The van der Waals surface area contributed by atoms with Gasteiger partial charge in [-0.2, -0.15) is 0 Å². The molecule has 1 saturated heterocycles. The molecule has 0 aromatic carbocycles. The van der Waals surface area contributed by atoms with E-state index in [-0.39, 0.29) is 0 Å². The molecular formula is C14H21N5. The van der Waals surface area contributed by atoms with Crippen molar-refractivity contribution in [3.05, 3.63) is 18.3 Å². The highest BCUT2D eigenvalue weighted by molar-refractivity contribution is 5.74. The van der Waals surface area contributed by atoms with Gasteiger partial charge in [0.05, 0.1) is 0 Å². The molecule has 5 nitrogen and oxygen atoms in total. The summed E-state index contributed by atoms with van der Waals surface area (Å²) in [5, 5.41) is 3.44. The molecular weight excluding hydrogens is 238 g/mol. The first-order valence-corrected chi connectivity index (χ1v) is 7.06. The van der Waals surface area contributed by atoms with Gasteiger partial charge in [0, 0.05) is 31.9 Å². The minimum atomic E-state index is 0.367. The van der Waals surface area contributed by atoms with Gasteiger partial charge in [0.1, 0.15) is 5.52 Å². The van der Waals surface area contributed by atoms with Crippen molar-refractivity contribution in [3.63, 3.8) is 0 Å². The van der Waals surface area contributed by atoms with Crippen LogP contribution in [0.15, 0.2) is 18.3 Å². The first kappa shape index (κ1) is 12.4. The van der Waals surface area contributed by atoms with E-state index in [1.807, 2.05) is 18.3 Å². The van der Waals surface area contributed by atoms with Gasteiger partial charge in [0.2, 0.25) is 5.95 Å². The molecule has 0 atom stereocenters. The van der Waals surface area contributed by atoms with Crippen LogP contribution in [0.1, 0.15) is 26.3 Å². The fraction of sp³-hybridized carbons (Fsp3) is 0.571. The second-order valence-corrected chi connectivity index (χ2v) is 5.31. The standard InChI is InChI=1S/C14H21N5/c1-11(2)19-13-12(5-3-7-16-13)17-14(19)18-9-4-6-15-8-10-18/h3,5,7,11,15H,4,6,8-10H2,1-2H3. The fourth-order valence-electron chi connectivity index (χ4n) is 2.66. The highest BCUT2D eigenvalue weighted by Crippen LogP contribution is 2.25. The van der Waals surface area contributed by atoms with E-state index in [0.29, 0.717) is 6.04 Å². The summed E-state index contributed by atoms with van der Waals surface area (Å²) in [7, 11) is 0. The highest BCUT2D eigenvalue weighted by atomic mass is 15.3. The molecule has 5 heteroatoms. The van der Waals surface area contributed by atoms with Crippen molar-refractivity contribution >= 4 is 17.1 Å². The lowest BCUT2D eigenvalue weighted by Crippen LogP contribution is -2.30. The van der Waals surface area contributed by atoms with Crippen molar-refractivity contribution < 1.29 is 0 Å². The lowest BCUT2D eigenvalue weighted by atomic mass is 10.3. The smallest absolute Gasteiger partial charge is 0.208 e. The Morgan fingerprint density at radius 3 is 3.00 bits per heavy atom. The Labute approximate surface area is 113 Å². The maximum atomic E-state index is 4.80. The molecule has 0 unspecified atom stereocenters. The van der Waals surface area contributed by atoms with Crippen molar-refractivity contribution in [2.45, 2.75) is 26.3 Å². The average molecular weight is 259 g/mol. The molecule has 1 aliphatic rings. The summed E-state index contributed by atoms with van der Waals surface area (Å²) >= 11 is 0. The topological polar surface area (TPSA) is 46.0 Å². The Hall–Kier alpha value is -1.62. The molecule has 1 N–H and O–H groups in total. The van der Waals surface area contributed by atoms with Gasteiger partial charge in [-0.25, -0.2) is 9.97 Å². The Kier molecular flexibility index (Phi) is 3.38. The van der Waals surface area contributed by atoms with Gasteiger partial charge in [0.15, 0.2) is 5.65 Å². The van der Waals surface area contributed by atoms with Crippen LogP contribution in [0.2, 0.25) is 0 Å². The van der Waals surface area contributed by atoms with Crippen LogP contribution in [0.5, 0.6) is 0 Å². The molecule has 0 radical (unpaired) electrons. The van der Waals surface area contributed by atoms with Crippen LogP contribution < -0.4 is 10.2 Å². The van der Waals surface area contributed by atoms with Crippen molar-refractivity contribution in [3.8, 4) is 0 Å². The summed E-state index contributed by atoms with van der Waals surface area (Å²) in [5.41, 5.74) is 1.98. The predicted molar refractivity (Wildman–Crippen MR) is 77.6 cm³/mol. The molecule has 0 amide bonds. The lowest BCUT2D eigenvalue weighted by molar-refractivity contribution is 0.597. The largest absolute Gasteiger partial charge is 0.341 e. The molecule has 0 saturated carbocycles. The summed E-state index contributed by atoms with van der Waals surface area (Å²) in [4.78, 5) is 11.7. The number of aromatic nitrogens is 3. The van der Waals surface area contributed by atoms with Crippen LogP contribution in [0, 0.1) is 0 Å². The molecule has 3 heterocycles. The van der Waals surface area contributed by atoms with Gasteiger partial charge < -0.3 is 10.2 Å². The molecule has 0 spiro atoms. The average Bonchev–Trinajstić information content (AvgIpc) is 2.59. The number of nitrogens with one attached hydrogen (secondary N) is 1. The normalized spacial score (nSPS) is 17.1. The quantitative estimate of drug-likeness (QED) is 0.893. The number of fused-ring (bicyclic) bond motifs is 1. The summed E-state index contributed by atoms with van der Waals surface area (Å²) < 4.78 is 2.25. The Bertz CT molecular complexity index is 552. The Morgan fingerprint density at radius 2 is 2.16 bits per heavy atom. The highest BCUT2D eigenvalue weighted by Gasteiger charge is 2.20. The zero-order valence-electron chi connectivity index (χ0n) is 11.6. The molecule has 0 bridgehead atoms. The molecule has 2 aromatic heterocycles. The molecule has 1 aliphatic heterocycles. The second kappa shape index (κ2) is 5.17. The van der Waals surface area contributed by atoms with E-state index in [1.54, 1.807) is 0 Å². The fourth-order valence-corrected chi connectivity index (χ4v) is 2.66. The SMILES string of the molecule is CC(C)n1c(N2CCCNCC2)nc2cccnc21. The molecule has 3 rings (SSSR count). The van der Waals surface area contributed by atoms with E-state index in [4.69, 9.17) is 4.98 Å². The zero-order valence-corrected chi connectivity index (χ0v) is 11.6. The minimum Gasteiger partial charge on any atom is -0.341 e. The first-order chi connectivity index (χ1) is 9.27. The monoisotopic (exact) mass is 259 g/mol. The lowest BCUT2D eigenvalue weighted by Gasteiger charge is -2.23. The van der Waals surface area contributed by atoms with Crippen LogP contribution in [0.25, 0.3) is 11.2 Å². The number of hydrogen-bond donors (Lipinski definition) is 1. The van der Waals surface area contributed by atoms with Crippen LogP contribution in [0.4, 0.5) is 5.95 Å². The van der Waals surface area contributed by atoms with Gasteiger partial charge in [0.25, 0.3) is 0 Å². The molecule has 2 aromatic rings. The number of anilines is 1. The van der Waals surface area contributed by atoms with E-state index in [9.17, 15) is 0 Å². The number of nitrogens with zero attached hydrogens (tertiary/aromatic N) is 4. The first-order valence-electron chi connectivity index (χ1n) is 7.06. The number of pyridine rings is 1. The number of imidazole rings is 1. The zero-order chi connectivity index (χ0) is 13.2. The summed E-state index contributed by atoms with van der Waals surface area (Å²) in [5.74, 6) is 1.06. The van der Waals surface area contributed by atoms with E-state index in [2.05, 4.69) is 33.6 Å². The molecule has 1 fully saturated rings. The Morgan fingerprint density at radius 1 is 1.26 bits per heavy atom. The third-order valence-corrected chi connectivity index (χ3v) is 3.57. The van der Waals surface area contributed by atoms with Gasteiger partial charge in [-0.3, -0.25) is 4.57 Å². The van der Waals surface area contributed by atoms with Crippen LogP contribution in [-0.2, 0) is 0 Å². The van der Waals surface area contributed by atoms with Crippen molar-refractivity contribution in [1.82, 2.24) is 19.9 Å².